The van der Waals surface area contributed by atoms with Crippen molar-refractivity contribution in [3.63, 3.8) is 0 Å². The van der Waals surface area contributed by atoms with Gasteiger partial charge in [0.15, 0.2) is 6.61 Å². The van der Waals surface area contributed by atoms with Crippen LogP contribution in [0.15, 0.2) is 52.9 Å². The molecular weight excluding hydrogens is 288 g/mol. The van der Waals surface area contributed by atoms with Gasteiger partial charge in [0.25, 0.3) is 5.89 Å². The second-order valence-electron chi connectivity index (χ2n) is 4.59. The number of nitrogens with zero attached hydrogens (tertiary/aromatic N) is 2. The van der Waals surface area contributed by atoms with Crippen molar-refractivity contribution in [2.45, 2.75) is 13.5 Å². The van der Waals surface area contributed by atoms with Crippen LogP contribution in [0, 0.1) is 6.92 Å². The van der Waals surface area contributed by atoms with Crippen LogP contribution in [-0.2, 0) is 6.61 Å². The zero-order valence-electron chi connectivity index (χ0n) is 11.4. The molecule has 0 fully saturated rings. The Bertz CT molecular complexity index is 755. The monoisotopic (exact) mass is 300 g/mol. The van der Waals surface area contributed by atoms with Crippen molar-refractivity contribution < 1.29 is 9.15 Å². The maximum absolute atomic E-state index is 6.02. The molecule has 3 rings (SSSR count). The third kappa shape index (κ3) is 3.23. The van der Waals surface area contributed by atoms with Gasteiger partial charge in [0, 0.05) is 5.56 Å². The van der Waals surface area contributed by atoms with Crippen LogP contribution >= 0.6 is 11.6 Å². The number of hydrogen-bond acceptors (Lipinski definition) is 4. The average Bonchev–Trinajstić information content (AvgIpc) is 2.95. The van der Waals surface area contributed by atoms with Crippen LogP contribution < -0.4 is 4.74 Å². The van der Waals surface area contributed by atoms with Crippen LogP contribution in [0.5, 0.6) is 5.75 Å². The average molecular weight is 301 g/mol. The van der Waals surface area contributed by atoms with Crippen LogP contribution in [0.3, 0.4) is 0 Å². The van der Waals surface area contributed by atoms with Crippen molar-refractivity contribution >= 4 is 11.6 Å². The Morgan fingerprint density at radius 1 is 1.10 bits per heavy atom. The standard InChI is InChI=1S/C16H13ClN2O2/c1-11-5-4-6-12(9-11)16-19-18-15(21-16)10-20-14-8-3-2-7-13(14)17/h2-9H,10H2,1H3. The lowest BCUT2D eigenvalue weighted by molar-refractivity contribution is 0.264. The second kappa shape index (κ2) is 5.97. The Labute approximate surface area is 127 Å². The zero-order chi connectivity index (χ0) is 14.7. The molecule has 0 N–H and O–H groups in total. The first-order valence-electron chi connectivity index (χ1n) is 6.49. The van der Waals surface area contributed by atoms with Gasteiger partial charge in [-0.15, -0.1) is 10.2 Å². The molecule has 0 bridgehead atoms. The van der Waals surface area contributed by atoms with Crippen LogP contribution in [0.2, 0.25) is 5.02 Å². The van der Waals surface area contributed by atoms with E-state index in [0.29, 0.717) is 22.6 Å². The maximum Gasteiger partial charge on any atom is 0.254 e. The summed E-state index contributed by atoms with van der Waals surface area (Å²) in [6, 6.07) is 15.1. The first-order valence-corrected chi connectivity index (χ1v) is 6.87. The number of aromatic nitrogens is 2. The molecule has 0 aliphatic carbocycles. The molecule has 0 saturated carbocycles. The Morgan fingerprint density at radius 2 is 1.95 bits per heavy atom. The predicted octanol–water partition coefficient (Wildman–Crippen LogP) is 4.28. The lowest BCUT2D eigenvalue weighted by Crippen LogP contribution is -1.95. The fourth-order valence-electron chi connectivity index (χ4n) is 1.91. The summed E-state index contributed by atoms with van der Waals surface area (Å²) in [5, 5.41) is 8.57. The highest BCUT2D eigenvalue weighted by Crippen LogP contribution is 2.24. The van der Waals surface area contributed by atoms with Crippen LogP contribution in [-0.4, -0.2) is 10.2 Å². The molecule has 0 aliphatic heterocycles. The minimum Gasteiger partial charge on any atom is -0.482 e. The zero-order valence-corrected chi connectivity index (χ0v) is 12.2. The largest absolute Gasteiger partial charge is 0.482 e. The molecule has 106 valence electrons. The molecule has 1 heterocycles. The molecule has 0 radical (unpaired) electrons. The summed E-state index contributed by atoms with van der Waals surface area (Å²) >= 11 is 6.02. The third-order valence-corrected chi connectivity index (χ3v) is 3.23. The van der Waals surface area contributed by atoms with E-state index in [1.54, 1.807) is 12.1 Å². The number of aryl methyl sites for hydroxylation is 1. The summed E-state index contributed by atoms with van der Waals surface area (Å²) in [5.74, 6) is 1.48. The SMILES string of the molecule is Cc1cccc(-c2nnc(COc3ccccc3Cl)o2)c1. The highest BCUT2D eigenvalue weighted by Gasteiger charge is 2.10. The summed E-state index contributed by atoms with van der Waals surface area (Å²) in [7, 11) is 0. The smallest absolute Gasteiger partial charge is 0.254 e. The minimum absolute atomic E-state index is 0.183. The van der Waals surface area contributed by atoms with E-state index in [1.807, 2.05) is 43.3 Å². The first kappa shape index (κ1) is 13.6. The molecule has 21 heavy (non-hydrogen) atoms. The third-order valence-electron chi connectivity index (χ3n) is 2.92. The number of rotatable bonds is 4. The molecular formula is C16H13ClN2O2. The van der Waals surface area contributed by atoms with Gasteiger partial charge in [-0.2, -0.15) is 0 Å². The maximum atomic E-state index is 6.02. The molecule has 1 aromatic heterocycles. The Balaban J connectivity index is 1.72. The summed E-state index contributed by atoms with van der Waals surface area (Å²) in [6.45, 7) is 2.20. The molecule has 2 aromatic carbocycles. The van der Waals surface area contributed by atoms with Crippen LogP contribution in [0.1, 0.15) is 11.5 Å². The Hall–Kier alpha value is -2.33. The van der Waals surface area contributed by atoms with Crippen molar-refractivity contribution in [1.29, 1.82) is 0 Å². The van der Waals surface area contributed by atoms with E-state index in [1.165, 1.54) is 0 Å². The number of hydrogen-bond donors (Lipinski definition) is 0. The highest BCUT2D eigenvalue weighted by molar-refractivity contribution is 6.32. The summed E-state index contributed by atoms with van der Waals surface area (Å²) in [4.78, 5) is 0. The first-order chi connectivity index (χ1) is 10.2. The van der Waals surface area contributed by atoms with Crippen molar-refractivity contribution in [2.75, 3.05) is 0 Å². The van der Waals surface area contributed by atoms with Crippen LogP contribution in [0.4, 0.5) is 0 Å². The molecule has 0 unspecified atom stereocenters. The molecule has 0 atom stereocenters. The van der Waals surface area contributed by atoms with E-state index >= 15 is 0 Å². The Morgan fingerprint density at radius 3 is 2.76 bits per heavy atom. The van der Waals surface area contributed by atoms with Gasteiger partial charge in [-0.25, -0.2) is 0 Å². The molecule has 0 amide bonds. The molecule has 4 nitrogen and oxygen atoms in total. The molecule has 3 aromatic rings. The Kier molecular flexibility index (Phi) is 3.88. The van der Waals surface area contributed by atoms with E-state index in [4.69, 9.17) is 20.8 Å². The summed E-state index contributed by atoms with van der Waals surface area (Å²) in [6.07, 6.45) is 0. The molecule has 5 heteroatoms. The van der Waals surface area contributed by atoms with Gasteiger partial charge in [0.1, 0.15) is 5.75 Å². The number of halogens is 1. The van der Waals surface area contributed by atoms with E-state index in [0.717, 1.165) is 11.1 Å². The fraction of sp³-hybridized carbons (Fsp3) is 0.125. The highest BCUT2D eigenvalue weighted by atomic mass is 35.5. The van der Waals surface area contributed by atoms with E-state index in [2.05, 4.69) is 10.2 Å². The second-order valence-corrected chi connectivity index (χ2v) is 5.00. The van der Waals surface area contributed by atoms with Gasteiger partial charge in [-0.1, -0.05) is 41.4 Å². The summed E-state index contributed by atoms with van der Waals surface area (Å²) in [5.41, 5.74) is 2.03. The van der Waals surface area contributed by atoms with E-state index in [9.17, 15) is 0 Å². The van der Waals surface area contributed by atoms with E-state index < -0.39 is 0 Å². The summed E-state index contributed by atoms with van der Waals surface area (Å²) < 4.78 is 11.2. The number of ether oxygens (including phenoxy) is 1. The van der Waals surface area contributed by atoms with Gasteiger partial charge in [0.05, 0.1) is 5.02 Å². The van der Waals surface area contributed by atoms with Gasteiger partial charge in [-0.3, -0.25) is 0 Å². The normalized spacial score (nSPS) is 10.6. The van der Waals surface area contributed by atoms with Crippen molar-refractivity contribution in [3.8, 4) is 17.2 Å². The van der Waals surface area contributed by atoms with Crippen molar-refractivity contribution in [3.05, 3.63) is 65.0 Å². The quantitative estimate of drug-likeness (QED) is 0.721. The minimum atomic E-state index is 0.183. The van der Waals surface area contributed by atoms with Gasteiger partial charge in [-0.05, 0) is 31.2 Å². The van der Waals surface area contributed by atoms with Gasteiger partial charge in [0.2, 0.25) is 5.89 Å². The molecule has 0 aliphatic rings. The topological polar surface area (TPSA) is 48.2 Å². The fourth-order valence-corrected chi connectivity index (χ4v) is 2.10. The lowest BCUT2D eigenvalue weighted by Gasteiger charge is -2.04. The lowest BCUT2D eigenvalue weighted by atomic mass is 10.1. The van der Waals surface area contributed by atoms with Crippen molar-refractivity contribution in [2.24, 2.45) is 0 Å². The number of para-hydroxylation sites is 1. The van der Waals surface area contributed by atoms with Gasteiger partial charge < -0.3 is 9.15 Å². The molecule has 0 spiro atoms. The van der Waals surface area contributed by atoms with E-state index in [-0.39, 0.29) is 6.61 Å². The van der Waals surface area contributed by atoms with Crippen LogP contribution in [0.25, 0.3) is 11.5 Å². The van der Waals surface area contributed by atoms with Crippen molar-refractivity contribution in [1.82, 2.24) is 10.2 Å². The number of benzene rings is 2. The van der Waals surface area contributed by atoms with Gasteiger partial charge >= 0.3 is 0 Å². The predicted molar refractivity (Wildman–Crippen MR) is 80.3 cm³/mol. The molecule has 0 saturated heterocycles.